The molecular formula is C19H19N3O3S. The number of nitrogens with zero attached hydrogens (tertiary/aromatic N) is 1. The normalized spacial score (nSPS) is 29.1. The minimum atomic E-state index is -0.609. The number of carbonyl (C=O) groups excluding carboxylic acids is 1. The molecule has 0 aliphatic heterocycles. The van der Waals surface area contributed by atoms with Crippen LogP contribution in [0.2, 0.25) is 0 Å². The van der Waals surface area contributed by atoms with Crippen molar-refractivity contribution in [1.29, 1.82) is 0 Å². The number of fused-ring (bicyclic) bond motifs is 4. The number of nitrogens with one attached hydrogen (secondary N) is 2. The number of aromatic amines is 1. The summed E-state index contributed by atoms with van der Waals surface area (Å²) in [6, 6.07) is -0.372. The van der Waals surface area contributed by atoms with Crippen molar-refractivity contribution in [3.8, 4) is 0 Å². The highest BCUT2D eigenvalue weighted by atomic mass is 32.1. The summed E-state index contributed by atoms with van der Waals surface area (Å²) in [5.74, 6) is -0.117. The van der Waals surface area contributed by atoms with E-state index in [1.807, 2.05) is 18.2 Å². The van der Waals surface area contributed by atoms with Crippen molar-refractivity contribution in [2.75, 3.05) is 0 Å². The predicted molar refractivity (Wildman–Crippen MR) is 99.4 cm³/mol. The molecule has 3 aliphatic rings. The van der Waals surface area contributed by atoms with Crippen LogP contribution in [0.4, 0.5) is 0 Å². The molecule has 134 valence electrons. The van der Waals surface area contributed by atoms with Crippen LogP contribution in [0.1, 0.15) is 33.9 Å². The Kier molecular flexibility index (Phi) is 3.62. The second-order valence-corrected chi connectivity index (χ2v) is 8.35. The Balaban J connectivity index is 1.45. The largest absolute Gasteiger partial charge is 0.391 e. The monoisotopic (exact) mass is 369 g/mol. The van der Waals surface area contributed by atoms with Gasteiger partial charge in [-0.05, 0) is 37.2 Å². The summed E-state index contributed by atoms with van der Waals surface area (Å²) in [6.45, 7) is 0. The van der Waals surface area contributed by atoms with Gasteiger partial charge in [0.15, 0.2) is 0 Å². The van der Waals surface area contributed by atoms with Gasteiger partial charge in [-0.15, -0.1) is 11.3 Å². The Labute approximate surface area is 153 Å². The van der Waals surface area contributed by atoms with Crippen LogP contribution in [0.15, 0.2) is 29.1 Å². The van der Waals surface area contributed by atoms with Crippen LogP contribution in [0.5, 0.6) is 0 Å². The molecule has 0 radical (unpaired) electrons. The summed E-state index contributed by atoms with van der Waals surface area (Å²) < 4.78 is 0. The summed E-state index contributed by atoms with van der Waals surface area (Å²) in [7, 11) is 0. The number of hydrogen-bond acceptors (Lipinski definition) is 5. The van der Waals surface area contributed by atoms with Gasteiger partial charge in [-0.2, -0.15) is 0 Å². The third-order valence-electron chi connectivity index (χ3n) is 5.73. The molecule has 1 fully saturated rings. The van der Waals surface area contributed by atoms with Crippen molar-refractivity contribution in [2.45, 2.75) is 37.8 Å². The van der Waals surface area contributed by atoms with Crippen LogP contribution in [-0.4, -0.2) is 33.1 Å². The molecule has 2 aromatic rings. The van der Waals surface area contributed by atoms with Gasteiger partial charge >= 0.3 is 0 Å². The Bertz CT molecular complexity index is 1020. The minimum absolute atomic E-state index is 0.0217. The number of aliphatic hydroxyl groups is 1. The van der Waals surface area contributed by atoms with Gasteiger partial charge in [-0.25, -0.2) is 4.98 Å². The molecule has 2 heterocycles. The number of aryl methyl sites for hydroxylation is 2. The highest BCUT2D eigenvalue weighted by molar-refractivity contribution is 7.18. The fraction of sp³-hybridized carbons (Fsp3) is 0.421. The van der Waals surface area contributed by atoms with Crippen LogP contribution in [0.25, 0.3) is 10.2 Å². The topological polar surface area (TPSA) is 95.1 Å². The molecule has 1 amide bonds. The number of aliphatic hydroxyl groups excluding tert-OH is 1. The molecule has 7 heteroatoms. The number of thiophene rings is 1. The van der Waals surface area contributed by atoms with Gasteiger partial charge in [0, 0.05) is 10.8 Å². The maximum absolute atomic E-state index is 12.7. The molecule has 26 heavy (non-hydrogen) atoms. The van der Waals surface area contributed by atoms with E-state index in [0.717, 1.165) is 24.8 Å². The van der Waals surface area contributed by atoms with Crippen molar-refractivity contribution in [2.24, 2.45) is 11.8 Å². The van der Waals surface area contributed by atoms with E-state index in [-0.39, 0.29) is 29.3 Å². The number of H-pyrrole nitrogens is 1. The molecule has 6 nitrogen and oxygen atoms in total. The molecule has 0 spiro atoms. The maximum atomic E-state index is 12.7. The highest BCUT2D eigenvalue weighted by Crippen LogP contribution is 2.37. The lowest BCUT2D eigenvalue weighted by Crippen LogP contribution is -2.44. The second kappa shape index (κ2) is 5.89. The molecule has 3 N–H and O–H groups in total. The number of hydrogen-bond donors (Lipinski definition) is 3. The predicted octanol–water partition coefficient (Wildman–Crippen LogP) is 1.69. The Morgan fingerprint density at radius 2 is 2.15 bits per heavy atom. The van der Waals surface area contributed by atoms with E-state index in [0.29, 0.717) is 16.6 Å². The van der Waals surface area contributed by atoms with Gasteiger partial charge in [0.2, 0.25) is 5.82 Å². The van der Waals surface area contributed by atoms with E-state index in [4.69, 9.17) is 0 Å². The van der Waals surface area contributed by atoms with Crippen molar-refractivity contribution in [1.82, 2.24) is 15.3 Å². The number of carbonyl (C=O) groups is 1. The maximum Gasteiger partial charge on any atom is 0.287 e. The Morgan fingerprint density at radius 3 is 3.04 bits per heavy atom. The van der Waals surface area contributed by atoms with Gasteiger partial charge in [0.25, 0.3) is 11.5 Å². The van der Waals surface area contributed by atoms with E-state index >= 15 is 0 Å². The molecule has 2 aromatic heterocycles. The van der Waals surface area contributed by atoms with E-state index < -0.39 is 12.0 Å². The first kappa shape index (κ1) is 16.0. The van der Waals surface area contributed by atoms with Crippen molar-refractivity contribution in [3.05, 3.63) is 50.9 Å². The van der Waals surface area contributed by atoms with Gasteiger partial charge in [-0.3, -0.25) is 9.59 Å². The van der Waals surface area contributed by atoms with Crippen molar-refractivity contribution in [3.63, 3.8) is 0 Å². The fourth-order valence-electron chi connectivity index (χ4n) is 4.50. The fourth-order valence-corrected chi connectivity index (χ4v) is 5.76. The van der Waals surface area contributed by atoms with Crippen LogP contribution in [0, 0.1) is 11.8 Å². The highest BCUT2D eigenvalue weighted by Gasteiger charge is 2.41. The number of allylic oxidation sites excluding steroid dienone is 3. The second-order valence-electron chi connectivity index (χ2n) is 7.27. The average molecular weight is 369 g/mol. The molecular weight excluding hydrogens is 350 g/mol. The van der Waals surface area contributed by atoms with Gasteiger partial charge in [-0.1, -0.05) is 24.3 Å². The third-order valence-corrected chi connectivity index (χ3v) is 6.91. The zero-order valence-electron chi connectivity index (χ0n) is 14.1. The first-order valence-corrected chi connectivity index (χ1v) is 9.82. The van der Waals surface area contributed by atoms with Crippen molar-refractivity contribution >= 4 is 27.5 Å². The van der Waals surface area contributed by atoms with Crippen molar-refractivity contribution < 1.29 is 9.90 Å². The number of amides is 1. The van der Waals surface area contributed by atoms with Crippen LogP contribution >= 0.6 is 11.3 Å². The Hall–Kier alpha value is -2.25. The van der Waals surface area contributed by atoms with Crippen LogP contribution in [0.3, 0.4) is 0 Å². The lowest BCUT2D eigenvalue weighted by molar-refractivity contribution is 0.0847. The molecule has 2 unspecified atom stereocenters. The molecule has 4 atom stereocenters. The summed E-state index contributed by atoms with van der Waals surface area (Å²) in [5, 5.41) is 13.9. The zero-order valence-corrected chi connectivity index (χ0v) is 14.9. The minimum Gasteiger partial charge on any atom is -0.391 e. The first-order valence-electron chi connectivity index (χ1n) is 9.00. The van der Waals surface area contributed by atoms with Gasteiger partial charge < -0.3 is 15.4 Å². The lowest BCUT2D eigenvalue weighted by Gasteiger charge is -2.23. The molecule has 0 aromatic carbocycles. The average Bonchev–Trinajstić information content (AvgIpc) is 3.28. The standard InChI is InChI=1S/C19H19N3O3S/c23-12-8-9-4-1-2-5-10(9)15(12)20-18(25)16-21-17(24)14-11-6-3-7-13(11)26-19(14)22-16/h1-2,4-5,9-10,12,15,23H,3,6-8H2,(H,20,25)(H,21,22,24)/t9?,10?,12-,15+/m0/s1. The molecule has 1 saturated carbocycles. The molecule has 5 rings (SSSR count). The van der Waals surface area contributed by atoms with E-state index in [1.54, 1.807) is 0 Å². The van der Waals surface area contributed by atoms with E-state index in [1.165, 1.54) is 16.2 Å². The van der Waals surface area contributed by atoms with E-state index in [9.17, 15) is 14.7 Å². The lowest BCUT2D eigenvalue weighted by atomic mass is 9.90. The van der Waals surface area contributed by atoms with E-state index in [2.05, 4.69) is 21.4 Å². The molecule has 3 aliphatic carbocycles. The molecule has 0 saturated heterocycles. The first-order chi connectivity index (χ1) is 12.6. The third kappa shape index (κ3) is 2.38. The summed E-state index contributed by atoms with van der Waals surface area (Å²) >= 11 is 1.51. The van der Waals surface area contributed by atoms with Crippen LogP contribution in [-0.2, 0) is 12.8 Å². The summed E-state index contributed by atoms with van der Waals surface area (Å²) in [4.78, 5) is 34.1. The quantitative estimate of drug-likeness (QED) is 0.751. The Morgan fingerprint density at radius 1 is 1.31 bits per heavy atom. The number of rotatable bonds is 2. The zero-order chi connectivity index (χ0) is 17.8. The van der Waals surface area contributed by atoms with Crippen LogP contribution < -0.4 is 10.9 Å². The smallest absolute Gasteiger partial charge is 0.287 e. The number of aromatic nitrogens is 2. The van der Waals surface area contributed by atoms with Gasteiger partial charge in [0.05, 0.1) is 17.5 Å². The molecule has 0 bridgehead atoms. The SMILES string of the molecule is O=C(N[C@@H]1C2C=CC=CC2C[C@@H]1O)c1nc2sc3c(c2c(=O)[nH]1)CCC3. The summed E-state index contributed by atoms with van der Waals surface area (Å²) in [5.41, 5.74) is 0.851. The van der Waals surface area contributed by atoms with Gasteiger partial charge in [0.1, 0.15) is 4.83 Å². The summed E-state index contributed by atoms with van der Waals surface area (Å²) in [6.07, 6.45) is 11.0.